The van der Waals surface area contributed by atoms with Gasteiger partial charge < -0.3 is 9.47 Å². The van der Waals surface area contributed by atoms with Crippen molar-refractivity contribution < 1.29 is 9.47 Å². The Morgan fingerprint density at radius 1 is 0.328 bits per heavy atom. The van der Waals surface area contributed by atoms with Crippen LogP contribution in [-0.4, -0.2) is 6.71 Å². The number of benzene rings is 9. The van der Waals surface area contributed by atoms with Crippen LogP contribution in [-0.2, 0) is 16.2 Å². The second-order valence-corrected chi connectivity index (χ2v) is 20.5. The number of ether oxygens (including phenoxy) is 2. The number of fused-ring (bicyclic) bond motifs is 6. The van der Waals surface area contributed by atoms with Crippen molar-refractivity contribution in [1.29, 1.82) is 0 Å². The summed E-state index contributed by atoms with van der Waals surface area (Å²) in [5, 5.41) is 4.94. The summed E-state index contributed by atoms with van der Waals surface area (Å²) in [4.78, 5) is 0. The third kappa shape index (κ3) is 6.55. The molecule has 0 bridgehead atoms. The van der Waals surface area contributed by atoms with Crippen molar-refractivity contribution in [3.63, 3.8) is 0 Å². The topological polar surface area (TPSA) is 18.5 Å². The fraction of sp³-hybridized carbons (Fsp3) is 0.180. The van der Waals surface area contributed by atoms with Crippen LogP contribution in [0.2, 0.25) is 0 Å². The van der Waals surface area contributed by atoms with E-state index in [4.69, 9.17) is 9.47 Å². The summed E-state index contributed by atoms with van der Waals surface area (Å²) in [6.07, 6.45) is 0. The Balaban J connectivity index is 1.17. The van der Waals surface area contributed by atoms with E-state index in [1.165, 1.54) is 77.0 Å². The van der Waals surface area contributed by atoms with Gasteiger partial charge in [0.05, 0.1) is 0 Å². The van der Waals surface area contributed by atoms with Crippen molar-refractivity contribution in [2.24, 2.45) is 0 Å². The first kappa shape index (κ1) is 40.0. The van der Waals surface area contributed by atoms with Gasteiger partial charge in [-0.2, -0.15) is 0 Å². The zero-order chi connectivity index (χ0) is 44.1. The van der Waals surface area contributed by atoms with Crippen molar-refractivity contribution in [1.82, 2.24) is 0 Å². The summed E-state index contributed by atoms with van der Waals surface area (Å²) in [5.41, 5.74) is 15.3. The van der Waals surface area contributed by atoms with Gasteiger partial charge in [0.1, 0.15) is 23.0 Å². The molecular formula is C61H53BO2. The lowest BCUT2D eigenvalue weighted by Crippen LogP contribution is -2.57. The Labute approximate surface area is 378 Å². The van der Waals surface area contributed by atoms with Crippen LogP contribution >= 0.6 is 0 Å². The SMILES string of the molecule is CC(C)(C)c1ccc2c(c1)B1c3cc(C(C)(C)C)ccc3Oc3cc(-c4cc(-c5c6ccccc6c(-c6ccccc6)c6ccccc56)cc(C(C)(C)c5ccccc5)c4)cc(c31)O2. The molecule has 2 nitrogen and oxygen atoms in total. The van der Waals surface area contributed by atoms with Gasteiger partial charge in [-0.3, -0.25) is 0 Å². The number of hydrogen-bond acceptors (Lipinski definition) is 2. The molecule has 2 heterocycles. The van der Waals surface area contributed by atoms with E-state index in [1.807, 2.05) is 0 Å². The largest absolute Gasteiger partial charge is 0.458 e. The van der Waals surface area contributed by atoms with Crippen LogP contribution in [0.5, 0.6) is 23.0 Å². The lowest BCUT2D eigenvalue weighted by atomic mass is 9.34. The molecule has 2 aliphatic heterocycles. The summed E-state index contributed by atoms with van der Waals surface area (Å²) in [6, 6.07) is 65.0. The molecule has 0 atom stereocenters. The number of hydrogen-bond donors (Lipinski definition) is 0. The second kappa shape index (κ2) is 14.6. The van der Waals surface area contributed by atoms with Crippen molar-refractivity contribution >= 4 is 44.6 Å². The maximum absolute atomic E-state index is 7.04. The smallest absolute Gasteiger partial charge is 0.260 e. The minimum Gasteiger partial charge on any atom is -0.458 e. The van der Waals surface area contributed by atoms with E-state index >= 15 is 0 Å². The fourth-order valence-corrected chi connectivity index (χ4v) is 10.3. The second-order valence-electron chi connectivity index (χ2n) is 20.5. The predicted molar refractivity (Wildman–Crippen MR) is 271 cm³/mol. The maximum atomic E-state index is 7.04. The molecule has 0 saturated carbocycles. The van der Waals surface area contributed by atoms with Crippen LogP contribution in [0, 0.1) is 0 Å². The highest BCUT2D eigenvalue weighted by Gasteiger charge is 2.42. The highest BCUT2D eigenvalue weighted by molar-refractivity contribution is 6.98. The molecule has 0 fully saturated rings. The molecule has 0 saturated heterocycles. The molecule has 0 N–H and O–H groups in total. The molecule has 0 aliphatic carbocycles. The standard InChI is InChI=1S/C61H53BO2/c1-59(2,3)43-27-29-52-50(36-43)62-51-37-44(60(4,5)6)28-30-53(51)64-55-35-40(34-54(63-52)58(55)62)39-31-41(33-45(32-39)61(7,8)42-21-13-10-14-22-42)57-48-25-17-15-23-46(48)56(38-19-11-9-12-20-38)47-24-16-18-26-49(47)57/h9-37H,1-8H3. The van der Waals surface area contributed by atoms with E-state index < -0.39 is 0 Å². The van der Waals surface area contributed by atoms with E-state index in [-0.39, 0.29) is 23.0 Å². The molecule has 312 valence electrons. The molecule has 11 rings (SSSR count). The molecule has 0 radical (unpaired) electrons. The lowest BCUT2D eigenvalue weighted by molar-refractivity contribution is 0.464. The van der Waals surface area contributed by atoms with Gasteiger partial charge in [0, 0.05) is 10.9 Å². The highest BCUT2D eigenvalue weighted by atomic mass is 16.5. The third-order valence-corrected chi connectivity index (χ3v) is 14.0. The Hall–Kier alpha value is -6.84. The fourth-order valence-electron chi connectivity index (χ4n) is 10.3. The van der Waals surface area contributed by atoms with Gasteiger partial charge in [0.25, 0.3) is 6.71 Å². The van der Waals surface area contributed by atoms with E-state index in [2.05, 4.69) is 231 Å². The average molecular weight is 829 g/mol. The van der Waals surface area contributed by atoms with Crippen LogP contribution < -0.4 is 25.9 Å². The first-order valence-electron chi connectivity index (χ1n) is 22.8. The van der Waals surface area contributed by atoms with Crippen molar-refractivity contribution in [3.05, 3.63) is 198 Å². The zero-order valence-electron chi connectivity index (χ0n) is 38.1. The molecule has 0 unspecified atom stereocenters. The maximum Gasteiger partial charge on any atom is 0.260 e. The minimum absolute atomic E-state index is 0.0159. The normalized spacial score (nSPS) is 13.2. The van der Waals surface area contributed by atoms with Gasteiger partial charge in [0.15, 0.2) is 0 Å². The van der Waals surface area contributed by atoms with Crippen LogP contribution in [0.4, 0.5) is 0 Å². The Bertz CT molecular complexity index is 3170. The van der Waals surface area contributed by atoms with E-state index in [0.29, 0.717) is 0 Å². The van der Waals surface area contributed by atoms with Crippen molar-refractivity contribution in [3.8, 4) is 56.4 Å². The molecular weight excluding hydrogens is 775 g/mol. The Morgan fingerprint density at radius 2 is 0.750 bits per heavy atom. The van der Waals surface area contributed by atoms with E-state index in [1.54, 1.807) is 0 Å². The molecule has 64 heavy (non-hydrogen) atoms. The Morgan fingerprint density at radius 3 is 1.23 bits per heavy atom. The van der Waals surface area contributed by atoms with Gasteiger partial charge in [0.2, 0.25) is 0 Å². The van der Waals surface area contributed by atoms with Gasteiger partial charge >= 0.3 is 0 Å². The van der Waals surface area contributed by atoms with Gasteiger partial charge in [-0.25, -0.2) is 0 Å². The summed E-state index contributed by atoms with van der Waals surface area (Å²) < 4.78 is 14.1. The summed E-state index contributed by atoms with van der Waals surface area (Å²) in [5.74, 6) is 3.49. The summed E-state index contributed by atoms with van der Waals surface area (Å²) >= 11 is 0. The van der Waals surface area contributed by atoms with E-state index in [0.717, 1.165) is 39.6 Å². The van der Waals surface area contributed by atoms with Crippen LogP contribution in [0.25, 0.3) is 54.9 Å². The zero-order valence-corrected chi connectivity index (χ0v) is 38.1. The van der Waals surface area contributed by atoms with Gasteiger partial charge in [-0.15, -0.1) is 0 Å². The molecule has 0 spiro atoms. The van der Waals surface area contributed by atoms with Crippen LogP contribution in [0.3, 0.4) is 0 Å². The van der Waals surface area contributed by atoms with E-state index in [9.17, 15) is 0 Å². The van der Waals surface area contributed by atoms with Gasteiger partial charge in [-0.05, 0) is 129 Å². The quantitative estimate of drug-likeness (QED) is 0.127. The molecule has 0 aromatic heterocycles. The lowest BCUT2D eigenvalue weighted by Gasteiger charge is -2.35. The minimum atomic E-state index is -0.310. The highest BCUT2D eigenvalue weighted by Crippen LogP contribution is 2.47. The first-order valence-corrected chi connectivity index (χ1v) is 22.8. The summed E-state index contributed by atoms with van der Waals surface area (Å²) in [7, 11) is 0. The van der Waals surface area contributed by atoms with Crippen LogP contribution in [0.1, 0.15) is 77.6 Å². The van der Waals surface area contributed by atoms with Crippen LogP contribution in [0.15, 0.2) is 176 Å². The number of rotatable bonds is 5. The third-order valence-electron chi connectivity index (χ3n) is 14.0. The predicted octanol–water partition coefficient (Wildman–Crippen LogP) is 14.6. The molecule has 2 aliphatic rings. The average Bonchev–Trinajstić information content (AvgIpc) is 3.30. The Kier molecular flexibility index (Phi) is 9.12. The molecule has 9 aromatic carbocycles. The van der Waals surface area contributed by atoms with Gasteiger partial charge in [-0.1, -0.05) is 201 Å². The summed E-state index contributed by atoms with van der Waals surface area (Å²) in [6.45, 7) is 18.4. The van der Waals surface area contributed by atoms with Crippen molar-refractivity contribution in [2.45, 2.75) is 71.6 Å². The first-order chi connectivity index (χ1) is 30.7. The molecule has 3 heteroatoms. The van der Waals surface area contributed by atoms with Crippen molar-refractivity contribution in [2.75, 3.05) is 0 Å². The molecule has 0 amide bonds. The molecule has 9 aromatic rings. The monoisotopic (exact) mass is 828 g/mol.